The molecule has 0 spiro atoms. The second-order valence-corrected chi connectivity index (χ2v) is 5.92. The normalized spacial score (nSPS) is 11.6. The number of amides is 1. The molecule has 92 valence electrons. The van der Waals surface area contributed by atoms with Gasteiger partial charge in [-0.2, -0.15) is 0 Å². The lowest BCUT2D eigenvalue weighted by atomic mass is 10.2. The monoisotopic (exact) mass is 253 g/mol. The molecule has 0 aromatic heterocycles. The van der Waals surface area contributed by atoms with Crippen LogP contribution in [0.4, 0.5) is 0 Å². The van der Waals surface area contributed by atoms with Gasteiger partial charge in [-0.25, -0.2) is 8.42 Å². The molecule has 0 saturated carbocycles. The summed E-state index contributed by atoms with van der Waals surface area (Å²) in [5.74, 6) is -0.338. The Kier molecular flexibility index (Phi) is 4.90. The van der Waals surface area contributed by atoms with Crippen molar-refractivity contribution in [2.24, 2.45) is 0 Å². The molecule has 17 heavy (non-hydrogen) atoms. The van der Waals surface area contributed by atoms with E-state index in [2.05, 4.69) is 5.32 Å². The van der Waals surface area contributed by atoms with Gasteiger partial charge in [0.05, 0.1) is 5.75 Å². The first-order chi connectivity index (χ1) is 7.97. The van der Waals surface area contributed by atoms with E-state index in [1.807, 2.05) is 30.3 Å². The third-order valence-corrected chi connectivity index (χ3v) is 2.94. The fourth-order valence-electron chi connectivity index (χ4n) is 1.15. The molecular formula is C12H15NO3S. The van der Waals surface area contributed by atoms with Gasteiger partial charge in [-0.3, -0.25) is 4.79 Å². The molecule has 1 aromatic carbocycles. The maximum Gasteiger partial charge on any atom is 0.244 e. The maximum absolute atomic E-state index is 11.3. The minimum Gasteiger partial charge on any atom is -0.352 e. The summed E-state index contributed by atoms with van der Waals surface area (Å²) in [4.78, 5) is 11.3. The standard InChI is InChI=1S/C12H15NO3S/c1-17(15,16)10-9-13-12(14)8-7-11-5-3-2-4-6-11/h2-8H,9-10H2,1H3,(H,13,14). The summed E-state index contributed by atoms with van der Waals surface area (Å²) in [6, 6.07) is 9.40. The molecule has 0 aliphatic rings. The van der Waals surface area contributed by atoms with Gasteiger partial charge < -0.3 is 5.32 Å². The molecule has 0 unspecified atom stereocenters. The van der Waals surface area contributed by atoms with Crippen LogP contribution in [-0.4, -0.2) is 32.9 Å². The molecule has 1 N–H and O–H groups in total. The van der Waals surface area contributed by atoms with Gasteiger partial charge in [-0.05, 0) is 11.6 Å². The number of carbonyl (C=O) groups is 1. The smallest absolute Gasteiger partial charge is 0.244 e. The Morgan fingerprint density at radius 2 is 1.94 bits per heavy atom. The average molecular weight is 253 g/mol. The molecule has 0 atom stereocenters. The second kappa shape index (κ2) is 6.20. The van der Waals surface area contributed by atoms with Crippen LogP contribution >= 0.6 is 0 Å². The molecule has 0 fully saturated rings. The zero-order valence-electron chi connectivity index (χ0n) is 9.59. The first-order valence-electron chi connectivity index (χ1n) is 5.16. The van der Waals surface area contributed by atoms with Gasteiger partial charge in [-0.1, -0.05) is 30.3 Å². The molecule has 1 aromatic rings. The molecular weight excluding hydrogens is 238 g/mol. The summed E-state index contributed by atoms with van der Waals surface area (Å²) in [6.45, 7) is 0.136. The van der Waals surface area contributed by atoms with Crippen LogP contribution in [0.2, 0.25) is 0 Å². The van der Waals surface area contributed by atoms with Crippen molar-refractivity contribution >= 4 is 21.8 Å². The highest BCUT2D eigenvalue weighted by atomic mass is 32.2. The quantitative estimate of drug-likeness (QED) is 0.792. The predicted molar refractivity (Wildman–Crippen MR) is 68.2 cm³/mol. The highest BCUT2D eigenvalue weighted by Gasteiger charge is 2.02. The van der Waals surface area contributed by atoms with E-state index in [4.69, 9.17) is 0 Å². The van der Waals surface area contributed by atoms with E-state index < -0.39 is 9.84 Å². The van der Waals surface area contributed by atoms with E-state index in [1.165, 1.54) is 6.08 Å². The Bertz CT molecular complexity index is 492. The van der Waals surface area contributed by atoms with Gasteiger partial charge in [0.15, 0.2) is 0 Å². The van der Waals surface area contributed by atoms with Crippen molar-refractivity contribution in [2.45, 2.75) is 0 Å². The molecule has 1 amide bonds. The Labute approximate surface area is 101 Å². The van der Waals surface area contributed by atoms with Crippen molar-refractivity contribution in [3.05, 3.63) is 42.0 Å². The number of sulfone groups is 1. The van der Waals surface area contributed by atoms with E-state index in [0.29, 0.717) is 0 Å². The topological polar surface area (TPSA) is 63.2 Å². The summed E-state index contributed by atoms with van der Waals surface area (Å²) in [5.41, 5.74) is 0.922. The predicted octanol–water partition coefficient (Wildman–Crippen LogP) is 0.861. The Balaban J connectivity index is 2.38. The van der Waals surface area contributed by atoms with E-state index in [-0.39, 0.29) is 18.2 Å². The molecule has 0 aliphatic carbocycles. The van der Waals surface area contributed by atoms with Crippen molar-refractivity contribution in [1.82, 2.24) is 5.32 Å². The summed E-state index contributed by atoms with van der Waals surface area (Å²) in [7, 11) is -3.03. The number of hydrogen-bond acceptors (Lipinski definition) is 3. The van der Waals surface area contributed by atoms with Crippen LogP contribution < -0.4 is 5.32 Å². The number of nitrogens with one attached hydrogen (secondary N) is 1. The van der Waals surface area contributed by atoms with Crippen LogP contribution in [0, 0.1) is 0 Å². The van der Waals surface area contributed by atoms with Crippen molar-refractivity contribution in [1.29, 1.82) is 0 Å². The van der Waals surface area contributed by atoms with Crippen LogP contribution in [0.1, 0.15) is 5.56 Å². The van der Waals surface area contributed by atoms with Crippen molar-refractivity contribution in [2.75, 3.05) is 18.6 Å². The lowest BCUT2D eigenvalue weighted by Gasteiger charge is -2.00. The zero-order valence-corrected chi connectivity index (χ0v) is 10.4. The van der Waals surface area contributed by atoms with E-state index in [9.17, 15) is 13.2 Å². The number of rotatable bonds is 5. The summed E-state index contributed by atoms with van der Waals surface area (Å²) < 4.78 is 21.6. The third-order valence-electron chi connectivity index (χ3n) is 2.00. The van der Waals surface area contributed by atoms with Gasteiger partial charge in [0.25, 0.3) is 0 Å². The largest absolute Gasteiger partial charge is 0.352 e. The van der Waals surface area contributed by atoms with Gasteiger partial charge in [0.2, 0.25) is 5.91 Å². The van der Waals surface area contributed by atoms with Crippen molar-refractivity contribution in [3.8, 4) is 0 Å². The zero-order chi connectivity index (χ0) is 12.7. The summed E-state index contributed by atoms with van der Waals surface area (Å²) >= 11 is 0. The van der Waals surface area contributed by atoms with Crippen LogP contribution in [0.5, 0.6) is 0 Å². The van der Waals surface area contributed by atoms with Gasteiger partial charge >= 0.3 is 0 Å². The number of carbonyl (C=O) groups excluding carboxylic acids is 1. The van der Waals surface area contributed by atoms with E-state index >= 15 is 0 Å². The summed E-state index contributed by atoms with van der Waals surface area (Å²) in [5, 5.41) is 2.50. The average Bonchev–Trinajstić information content (AvgIpc) is 2.26. The lowest BCUT2D eigenvalue weighted by molar-refractivity contribution is -0.116. The van der Waals surface area contributed by atoms with Gasteiger partial charge in [0, 0.05) is 18.9 Å². The fourth-order valence-corrected chi connectivity index (χ4v) is 1.63. The van der Waals surface area contributed by atoms with Crippen LogP contribution in [0.3, 0.4) is 0 Å². The highest BCUT2D eigenvalue weighted by molar-refractivity contribution is 7.90. The van der Waals surface area contributed by atoms with Crippen molar-refractivity contribution < 1.29 is 13.2 Å². The molecule has 4 nitrogen and oxygen atoms in total. The minimum absolute atomic E-state index is 0.0437. The minimum atomic E-state index is -3.03. The molecule has 0 aliphatic heterocycles. The molecule has 5 heteroatoms. The maximum atomic E-state index is 11.3. The first kappa shape index (κ1) is 13.4. The fraction of sp³-hybridized carbons (Fsp3) is 0.250. The highest BCUT2D eigenvalue weighted by Crippen LogP contribution is 2.00. The van der Waals surface area contributed by atoms with Crippen LogP contribution in [0.15, 0.2) is 36.4 Å². The second-order valence-electron chi connectivity index (χ2n) is 3.66. The molecule has 0 bridgehead atoms. The van der Waals surface area contributed by atoms with Crippen LogP contribution in [-0.2, 0) is 14.6 Å². The Morgan fingerprint density at radius 1 is 1.29 bits per heavy atom. The number of hydrogen-bond donors (Lipinski definition) is 1. The van der Waals surface area contributed by atoms with Crippen molar-refractivity contribution in [3.63, 3.8) is 0 Å². The van der Waals surface area contributed by atoms with E-state index in [1.54, 1.807) is 6.08 Å². The SMILES string of the molecule is CS(=O)(=O)CCNC(=O)C=Cc1ccccc1. The van der Waals surface area contributed by atoms with Gasteiger partial charge in [-0.15, -0.1) is 0 Å². The van der Waals surface area contributed by atoms with Crippen LogP contribution in [0.25, 0.3) is 6.08 Å². The number of benzene rings is 1. The Hall–Kier alpha value is -1.62. The molecule has 0 heterocycles. The van der Waals surface area contributed by atoms with E-state index in [0.717, 1.165) is 11.8 Å². The lowest BCUT2D eigenvalue weighted by Crippen LogP contribution is -2.27. The first-order valence-corrected chi connectivity index (χ1v) is 7.22. The molecule has 0 saturated heterocycles. The summed E-state index contributed by atoms with van der Waals surface area (Å²) in [6.07, 6.45) is 4.20. The molecule has 1 rings (SSSR count). The third kappa shape index (κ3) is 6.52. The molecule has 0 radical (unpaired) electrons. The van der Waals surface area contributed by atoms with Gasteiger partial charge in [0.1, 0.15) is 9.84 Å². The Morgan fingerprint density at radius 3 is 2.53 bits per heavy atom.